The molecule has 0 rings (SSSR count). The van der Waals surface area contributed by atoms with Crippen molar-refractivity contribution in [3.05, 3.63) is 0 Å². The number of unbranched alkanes of at least 4 members (excludes halogenated alkanes) is 2. The third-order valence-corrected chi connectivity index (χ3v) is 2.95. The van der Waals surface area contributed by atoms with E-state index < -0.39 is 0 Å². The van der Waals surface area contributed by atoms with Crippen molar-refractivity contribution in [3.63, 3.8) is 0 Å². The smallest absolute Gasteiger partial charge is 0.0965 e. The first-order chi connectivity index (χ1) is 9.81. The predicted molar refractivity (Wildman–Crippen MR) is 84.9 cm³/mol. The Hall–Kier alpha value is -0.200. The topological polar surface area (TPSA) is 68.5 Å². The number of nitrogens with one attached hydrogen (secondary N) is 2. The van der Waals surface area contributed by atoms with E-state index in [1.165, 1.54) is 12.8 Å². The summed E-state index contributed by atoms with van der Waals surface area (Å²) < 4.78 is 10.8. The van der Waals surface area contributed by atoms with Gasteiger partial charge in [-0.2, -0.15) is 0 Å². The molecule has 0 aromatic heterocycles. The molecular weight excluding hydrogens is 254 g/mol. The molecule has 0 spiro atoms. The fourth-order valence-corrected chi connectivity index (χ4v) is 1.78. The van der Waals surface area contributed by atoms with Crippen LogP contribution in [0.1, 0.15) is 46.0 Å². The second-order valence-corrected chi connectivity index (χ2v) is 5.18. The summed E-state index contributed by atoms with van der Waals surface area (Å²) in [6, 6.07) is 0.487. The highest BCUT2D eigenvalue weighted by molar-refractivity contribution is 4.62. The quantitative estimate of drug-likeness (QED) is 0.297. The molecule has 20 heavy (non-hydrogen) atoms. The zero-order chi connectivity index (χ0) is 14.9. The molecule has 5 nitrogen and oxygen atoms in total. The summed E-state index contributed by atoms with van der Waals surface area (Å²) >= 11 is 0. The normalized spacial score (nSPS) is 12.8. The lowest BCUT2D eigenvalue weighted by molar-refractivity contribution is 0.115. The van der Waals surface area contributed by atoms with E-state index in [0.717, 1.165) is 58.7 Å². The Morgan fingerprint density at radius 2 is 1.80 bits per heavy atom. The minimum absolute atomic E-state index is 0.487. The highest BCUT2D eigenvalue weighted by atomic mass is 16.5. The Kier molecular flexibility index (Phi) is 16.7. The van der Waals surface area contributed by atoms with Gasteiger partial charge in [0.1, 0.15) is 0 Å². The molecule has 0 saturated heterocycles. The molecule has 0 aliphatic heterocycles. The molecule has 0 aromatic rings. The monoisotopic (exact) mass is 289 g/mol. The van der Waals surface area contributed by atoms with E-state index in [0.29, 0.717) is 12.8 Å². The second-order valence-electron chi connectivity index (χ2n) is 5.18. The van der Waals surface area contributed by atoms with Crippen LogP contribution in [0, 0.1) is 0 Å². The third-order valence-electron chi connectivity index (χ3n) is 2.95. The van der Waals surface area contributed by atoms with Crippen LogP contribution in [0.25, 0.3) is 0 Å². The summed E-state index contributed by atoms with van der Waals surface area (Å²) in [5.41, 5.74) is 5.39. The zero-order valence-corrected chi connectivity index (χ0v) is 13.5. The highest BCUT2D eigenvalue weighted by Gasteiger charge is 1.99. The first kappa shape index (κ1) is 19.8. The van der Waals surface area contributed by atoms with Crippen LogP contribution in [0.3, 0.4) is 0 Å². The van der Waals surface area contributed by atoms with Crippen LogP contribution in [-0.4, -0.2) is 52.2 Å². The fraction of sp³-hybridized carbons (Fsp3) is 1.00. The Morgan fingerprint density at radius 1 is 1.00 bits per heavy atom. The maximum absolute atomic E-state index is 5.46. The Labute approximate surface area is 125 Å². The molecule has 0 aliphatic carbocycles. The predicted octanol–water partition coefficient (Wildman–Crippen LogP) is 1.47. The fourth-order valence-electron chi connectivity index (χ4n) is 1.78. The Bertz CT molecular complexity index is 183. The van der Waals surface area contributed by atoms with Crippen LogP contribution >= 0.6 is 0 Å². The van der Waals surface area contributed by atoms with Crippen LogP contribution in [0.15, 0.2) is 0 Å². The average molecular weight is 289 g/mol. The van der Waals surface area contributed by atoms with Crippen molar-refractivity contribution in [2.75, 3.05) is 46.2 Å². The van der Waals surface area contributed by atoms with Crippen molar-refractivity contribution in [1.29, 1.82) is 0 Å². The molecule has 0 saturated carbocycles. The highest BCUT2D eigenvalue weighted by Crippen LogP contribution is 1.96. The maximum Gasteiger partial charge on any atom is 0.0965 e. The second kappa shape index (κ2) is 16.9. The van der Waals surface area contributed by atoms with E-state index in [2.05, 4.69) is 24.5 Å². The standard InChI is InChI=1S/C15H35N3O2/c1-3-10-20-14-17-13-15(2)18-9-5-4-6-11-19-12-7-8-16/h15,17-18H,3-14,16H2,1-2H3. The van der Waals surface area contributed by atoms with E-state index in [1.807, 2.05) is 0 Å². The van der Waals surface area contributed by atoms with Gasteiger partial charge in [0.05, 0.1) is 6.73 Å². The molecule has 4 N–H and O–H groups in total. The Morgan fingerprint density at radius 3 is 2.55 bits per heavy atom. The van der Waals surface area contributed by atoms with Crippen molar-refractivity contribution in [2.45, 2.75) is 52.0 Å². The lowest BCUT2D eigenvalue weighted by atomic mass is 10.2. The summed E-state index contributed by atoms with van der Waals surface area (Å²) in [4.78, 5) is 0. The SMILES string of the molecule is CCCOCNCC(C)NCCCCCOCCCN. The third kappa shape index (κ3) is 15.9. The molecule has 1 unspecified atom stereocenters. The van der Waals surface area contributed by atoms with Gasteiger partial charge in [-0.1, -0.05) is 6.92 Å². The van der Waals surface area contributed by atoms with Gasteiger partial charge in [0.25, 0.3) is 0 Å². The van der Waals surface area contributed by atoms with Crippen LogP contribution in [0.4, 0.5) is 0 Å². The molecule has 122 valence electrons. The number of hydrogen-bond donors (Lipinski definition) is 3. The van der Waals surface area contributed by atoms with Gasteiger partial charge >= 0.3 is 0 Å². The maximum atomic E-state index is 5.46. The van der Waals surface area contributed by atoms with E-state index in [1.54, 1.807) is 0 Å². The van der Waals surface area contributed by atoms with Gasteiger partial charge in [-0.3, -0.25) is 5.32 Å². The summed E-state index contributed by atoms with van der Waals surface area (Å²) in [6.07, 6.45) is 5.61. The molecule has 0 amide bonds. The summed E-state index contributed by atoms with van der Waals surface area (Å²) in [6.45, 7) is 10.2. The lowest BCUT2D eigenvalue weighted by Gasteiger charge is -2.14. The number of hydrogen-bond acceptors (Lipinski definition) is 5. The molecule has 0 bridgehead atoms. The molecule has 0 radical (unpaired) electrons. The van der Waals surface area contributed by atoms with E-state index in [9.17, 15) is 0 Å². The van der Waals surface area contributed by atoms with Crippen LogP contribution in [0.2, 0.25) is 0 Å². The minimum Gasteiger partial charge on any atom is -0.381 e. The number of nitrogens with two attached hydrogens (primary N) is 1. The van der Waals surface area contributed by atoms with E-state index >= 15 is 0 Å². The first-order valence-corrected chi connectivity index (χ1v) is 8.10. The van der Waals surface area contributed by atoms with Crippen molar-refractivity contribution in [2.24, 2.45) is 5.73 Å². The van der Waals surface area contributed by atoms with Gasteiger partial charge < -0.3 is 20.5 Å². The van der Waals surface area contributed by atoms with Gasteiger partial charge in [0.15, 0.2) is 0 Å². The van der Waals surface area contributed by atoms with Crippen molar-refractivity contribution in [1.82, 2.24) is 10.6 Å². The van der Waals surface area contributed by atoms with Gasteiger partial charge in [-0.05, 0) is 52.1 Å². The van der Waals surface area contributed by atoms with Crippen molar-refractivity contribution < 1.29 is 9.47 Å². The summed E-state index contributed by atoms with van der Waals surface area (Å²) in [5.74, 6) is 0. The van der Waals surface area contributed by atoms with Gasteiger partial charge in [0, 0.05) is 32.4 Å². The van der Waals surface area contributed by atoms with Crippen molar-refractivity contribution in [3.8, 4) is 0 Å². The van der Waals surface area contributed by atoms with Gasteiger partial charge in [-0.25, -0.2) is 0 Å². The largest absolute Gasteiger partial charge is 0.381 e. The Balaban J connectivity index is 3.09. The van der Waals surface area contributed by atoms with Crippen LogP contribution < -0.4 is 16.4 Å². The van der Waals surface area contributed by atoms with Crippen LogP contribution in [0.5, 0.6) is 0 Å². The van der Waals surface area contributed by atoms with E-state index in [4.69, 9.17) is 15.2 Å². The van der Waals surface area contributed by atoms with E-state index in [-0.39, 0.29) is 0 Å². The lowest BCUT2D eigenvalue weighted by Crippen LogP contribution is -2.37. The zero-order valence-electron chi connectivity index (χ0n) is 13.5. The molecule has 5 heteroatoms. The van der Waals surface area contributed by atoms with Gasteiger partial charge in [-0.15, -0.1) is 0 Å². The first-order valence-electron chi connectivity index (χ1n) is 8.10. The number of rotatable bonds is 16. The summed E-state index contributed by atoms with van der Waals surface area (Å²) in [5, 5.41) is 6.80. The molecule has 0 aromatic carbocycles. The summed E-state index contributed by atoms with van der Waals surface area (Å²) in [7, 11) is 0. The molecule has 0 aliphatic rings. The number of ether oxygens (including phenoxy) is 2. The molecule has 0 heterocycles. The molecular formula is C15H35N3O2. The molecule has 0 fully saturated rings. The average Bonchev–Trinajstić information content (AvgIpc) is 2.45. The van der Waals surface area contributed by atoms with Gasteiger partial charge in [0.2, 0.25) is 0 Å². The van der Waals surface area contributed by atoms with Crippen molar-refractivity contribution >= 4 is 0 Å². The minimum atomic E-state index is 0.487. The van der Waals surface area contributed by atoms with Crippen LogP contribution in [-0.2, 0) is 9.47 Å². The molecule has 1 atom stereocenters.